The van der Waals surface area contributed by atoms with Crippen molar-refractivity contribution in [2.75, 3.05) is 13.1 Å². The topological polar surface area (TPSA) is 95.6 Å². The molecule has 33 heavy (non-hydrogen) atoms. The van der Waals surface area contributed by atoms with Crippen LogP contribution in [-0.4, -0.2) is 47.0 Å². The standard InChI is InChI=1S/C25H27N3O4S/c1-16(2)21(27-22(29)19-11-9-17(3)10-12-19)23(30)26-13-14-28-24(31)20(33-25(28)32)15-18-7-5-4-6-8-18/h4-12,15-16,21H,13-14H2,1-3H3,(H,26,30)(H,27,29)/t21-/m0/s1. The summed E-state index contributed by atoms with van der Waals surface area (Å²) in [6.07, 6.45) is 1.68. The van der Waals surface area contributed by atoms with Gasteiger partial charge in [0.05, 0.1) is 4.91 Å². The van der Waals surface area contributed by atoms with Crippen LogP contribution >= 0.6 is 11.8 Å². The summed E-state index contributed by atoms with van der Waals surface area (Å²) in [6, 6.07) is 15.6. The van der Waals surface area contributed by atoms with Gasteiger partial charge < -0.3 is 10.6 Å². The van der Waals surface area contributed by atoms with Crippen LogP contribution in [0, 0.1) is 12.8 Å². The van der Waals surface area contributed by atoms with E-state index in [1.165, 1.54) is 0 Å². The molecule has 3 rings (SSSR count). The molecule has 8 heteroatoms. The van der Waals surface area contributed by atoms with Crippen molar-refractivity contribution in [3.63, 3.8) is 0 Å². The molecule has 1 fully saturated rings. The molecule has 0 spiro atoms. The van der Waals surface area contributed by atoms with Gasteiger partial charge in [0.1, 0.15) is 6.04 Å². The predicted molar refractivity (Wildman–Crippen MR) is 129 cm³/mol. The normalized spacial score (nSPS) is 15.8. The van der Waals surface area contributed by atoms with Crippen LogP contribution < -0.4 is 10.6 Å². The van der Waals surface area contributed by atoms with Crippen LogP contribution in [0.3, 0.4) is 0 Å². The number of nitrogens with zero attached hydrogens (tertiary/aromatic N) is 1. The molecule has 0 bridgehead atoms. The molecule has 172 valence electrons. The number of carbonyl (C=O) groups is 4. The second-order valence-electron chi connectivity index (χ2n) is 8.10. The Morgan fingerprint density at radius 1 is 1.03 bits per heavy atom. The Balaban J connectivity index is 1.56. The maximum Gasteiger partial charge on any atom is 0.293 e. The van der Waals surface area contributed by atoms with E-state index in [2.05, 4.69) is 10.6 Å². The first-order valence-electron chi connectivity index (χ1n) is 10.7. The summed E-state index contributed by atoms with van der Waals surface area (Å²) in [5, 5.41) is 5.13. The quantitative estimate of drug-likeness (QED) is 0.581. The zero-order valence-corrected chi connectivity index (χ0v) is 19.6. The van der Waals surface area contributed by atoms with Gasteiger partial charge in [-0.15, -0.1) is 0 Å². The van der Waals surface area contributed by atoms with Crippen molar-refractivity contribution in [3.8, 4) is 0 Å². The number of aryl methyl sites for hydroxylation is 1. The first-order chi connectivity index (χ1) is 15.8. The minimum absolute atomic E-state index is 0.0548. The fraction of sp³-hybridized carbons (Fsp3) is 0.280. The molecule has 0 unspecified atom stereocenters. The SMILES string of the molecule is Cc1ccc(C(=O)N[C@H](C(=O)NCCN2C(=O)SC(=Cc3ccccc3)C2=O)C(C)C)cc1. The Kier molecular flexibility index (Phi) is 8.06. The van der Waals surface area contributed by atoms with Crippen LogP contribution in [0.1, 0.15) is 35.3 Å². The van der Waals surface area contributed by atoms with Gasteiger partial charge in [0, 0.05) is 18.7 Å². The zero-order valence-electron chi connectivity index (χ0n) is 18.8. The Morgan fingerprint density at radius 2 is 1.70 bits per heavy atom. The van der Waals surface area contributed by atoms with Crippen LogP contribution in [0.15, 0.2) is 59.5 Å². The Morgan fingerprint density at radius 3 is 2.33 bits per heavy atom. The molecule has 1 heterocycles. The van der Waals surface area contributed by atoms with Crippen molar-refractivity contribution in [2.45, 2.75) is 26.8 Å². The summed E-state index contributed by atoms with van der Waals surface area (Å²) in [7, 11) is 0. The highest BCUT2D eigenvalue weighted by molar-refractivity contribution is 8.18. The van der Waals surface area contributed by atoms with Gasteiger partial charge in [-0.25, -0.2) is 0 Å². The Bertz CT molecular complexity index is 1060. The summed E-state index contributed by atoms with van der Waals surface area (Å²) < 4.78 is 0. The molecule has 2 N–H and O–H groups in total. The maximum absolute atomic E-state index is 12.7. The second kappa shape index (κ2) is 11.0. The lowest BCUT2D eigenvalue weighted by molar-refractivity contribution is -0.125. The minimum Gasteiger partial charge on any atom is -0.353 e. The number of carbonyl (C=O) groups excluding carboxylic acids is 4. The fourth-order valence-corrected chi connectivity index (χ4v) is 4.12. The molecule has 7 nitrogen and oxygen atoms in total. The summed E-state index contributed by atoms with van der Waals surface area (Å²) in [4.78, 5) is 51.6. The van der Waals surface area contributed by atoms with Crippen molar-refractivity contribution in [3.05, 3.63) is 76.2 Å². The number of benzene rings is 2. The van der Waals surface area contributed by atoms with Crippen molar-refractivity contribution in [2.24, 2.45) is 5.92 Å². The highest BCUT2D eigenvalue weighted by Crippen LogP contribution is 2.31. The molecular weight excluding hydrogens is 438 g/mol. The number of rotatable bonds is 8. The molecule has 0 aromatic heterocycles. The molecule has 0 saturated carbocycles. The summed E-state index contributed by atoms with van der Waals surface area (Å²) in [5.41, 5.74) is 2.35. The van der Waals surface area contributed by atoms with E-state index in [1.807, 2.05) is 63.2 Å². The van der Waals surface area contributed by atoms with Gasteiger partial charge in [-0.1, -0.05) is 61.9 Å². The van der Waals surface area contributed by atoms with E-state index in [1.54, 1.807) is 18.2 Å². The first-order valence-corrected chi connectivity index (χ1v) is 11.5. The Labute approximate surface area is 197 Å². The summed E-state index contributed by atoms with van der Waals surface area (Å²) in [5.74, 6) is -1.22. The largest absolute Gasteiger partial charge is 0.353 e. The van der Waals surface area contributed by atoms with Gasteiger partial charge >= 0.3 is 0 Å². The van der Waals surface area contributed by atoms with Gasteiger partial charge in [0.2, 0.25) is 5.91 Å². The van der Waals surface area contributed by atoms with Gasteiger partial charge in [0.15, 0.2) is 0 Å². The average molecular weight is 466 g/mol. The van der Waals surface area contributed by atoms with Crippen LogP contribution in [0.5, 0.6) is 0 Å². The van der Waals surface area contributed by atoms with Crippen molar-refractivity contribution >= 4 is 40.8 Å². The maximum atomic E-state index is 12.7. The van der Waals surface area contributed by atoms with Crippen molar-refractivity contribution in [1.82, 2.24) is 15.5 Å². The molecule has 1 saturated heterocycles. The molecule has 4 amide bonds. The number of imide groups is 1. The smallest absolute Gasteiger partial charge is 0.293 e. The molecule has 2 aromatic rings. The molecule has 1 aliphatic heterocycles. The van der Waals surface area contributed by atoms with E-state index < -0.39 is 6.04 Å². The zero-order chi connectivity index (χ0) is 24.0. The van der Waals surface area contributed by atoms with E-state index in [0.29, 0.717) is 10.5 Å². The van der Waals surface area contributed by atoms with E-state index >= 15 is 0 Å². The third-order valence-electron chi connectivity index (χ3n) is 5.16. The van der Waals surface area contributed by atoms with E-state index in [4.69, 9.17) is 0 Å². The number of amides is 4. The fourth-order valence-electron chi connectivity index (χ4n) is 3.26. The van der Waals surface area contributed by atoms with E-state index in [9.17, 15) is 19.2 Å². The number of thioether (sulfide) groups is 1. The molecule has 1 atom stereocenters. The Hall–Kier alpha value is -3.39. The molecule has 1 aliphatic rings. The molecular formula is C25H27N3O4S. The minimum atomic E-state index is -0.744. The van der Waals surface area contributed by atoms with E-state index in [-0.39, 0.29) is 42.0 Å². The predicted octanol–water partition coefficient (Wildman–Crippen LogP) is 3.60. The third-order valence-corrected chi connectivity index (χ3v) is 6.06. The van der Waals surface area contributed by atoms with Crippen molar-refractivity contribution in [1.29, 1.82) is 0 Å². The number of nitrogens with one attached hydrogen (secondary N) is 2. The lowest BCUT2D eigenvalue weighted by Crippen LogP contribution is -2.51. The first kappa shape index (κ1) is 24.3. The lowest BCUT2D eigenvalue weighted by atomic mass is 10.0. The molecule has 0 radical (unpaired) electrons. The van der Waals surface area contributed by atoms with Gasteiger partial charge in [-0.05, 0) is 48.4 Å². The summed E-state index contributed by atoms with van der Waals surface area (Å²) in [6.45, 7) is 5.76. The summed E-state index contributed by atoms with van der Waals surface area (Å²) >= 11 is 0.882. The van der Waals surface area contributed by atoms with Crippen LogP contribution in [0.2, 0.25) is 0 Å². The average Bonchev–Trinajstić information content (AvgIpc) is 3.05. The number of hydrogen-bond acceptors (Lipinski definition) is 5. The van der Waals surface area contributed by atoms with Crippen LogP contribution in [0.25, 0.3) is 6.08 Å². The highest BCUT2D eigenvalue weighted by Gasteiger charge is 2.35. The second-order valence-corrected chi connectivity index (χ2v) is 9.09. The third kappa shape index (κ3) is 6.32. The van der Waals surface area contributed by atoms with Gasteiger partial charge in [-0.2, -0.15) is 0 Å². The van der Waals surface area contributed by atoms with E-state index in [0.717, 1.165) is 27.8 Å². The number of hydrogen-bond donors (Lipinski definition) is 2. The lowest BCUT2D eigenvalue weighted by Gasteiger charge is -2.22. The van der Waals surface area contributed by atoms with Gasteiger partial charge in [0.25, 0.3) is 17.1 Å². The van der Waals surface area contributed by atoms with Crippen LogP contribution in [0.4, 0.5) is 4.79 Å². The molecule has 2 aromatic carbocycles. The monoisotopic (exact) mass is 465 g/mol. The van der Waals surface area contributed by atoms with Crippen LogP contribution in [-0.2, 0) is 9.59 Å². The van der Waals surface area contributed by atoms with Gasteiger partial charge in [-0.3, -0.25) is 24.1 Å². The van der Waals surface area contributed by atoms with Crippen molar-refractivity contribution < 1.29 is 19.2 Å². The molecule has 0 aliphatic carbocycles. The highest BCUT2D eigenvalue weighted by atomic mass is 32.2.